The number of benzene rings is 1. The predicted octanol–water partition coefficient (Wildman–Crippen LogP) is 1.48. The molecule has 23 heavy (non-hydrogen) atoms. The van der Waals surface area contributed by atoms with Crippen molar-refractivity contribution in [2.24, 2.45) is 11.3 Å². The SMILES string of the molecule is O=C(N1CCc2cc(F)c(F)cc2C1)[C@]12CNC[C@H]1CCOC2. The summed E-state index contributed by atoms with van der Waals surface area (Å²) < 4.78 is 32.4. The smallest absolute Gasteiger partial charge is 0.233 e. The molecule has 0 saturated carbocycles. The summed E-state index contributed by atoms with van der Waals surface area (Å²) in [6, 6.07) is 2.48. The summed E-state index contributed by atoms with van der Waals surface area (Å²) in [4.78, 5) is 14.9. The highest BCUT2D eigenvalue weighted by molar-refractivity contribution is 5.84. The molecule has 0 bridgehead atoms. The number of rotatable bonds is 1. The van der Waals surface area contributed by atoms with E-state index in [-0.39, 0.29) is 5.91 Å². The lowest BCUT2D eigenvalue weighted by molar-refractivity contribution is -0.153. The van der Waals surface area contributed by atoms with Gasteiger partial charge < -0.3 is 15.0 Å². The fourth-order valence-corrected chi connectivity index (χ4v) is 4.19. The van der Waals surface area contributed by atoms with Crippen molar-refractivity contribution in [1.82, 2.24) is 10.2 Å². The largest absolute Gasteiger partial charge is 0.380 e. The number of amides is 1. The Balaban J connectivity index is 1.59. The van der Waals surface area contributed by atoms with Gasteiger partial charge in [0.1, 0.15) is 0 Å². The number of hydrogen-bond acceptors (Lipinski definition) is 3. The lowest BCUT2D eigenvalue weighted by Gasteiger charge is -2.41. The minimum atomic E-state index is -0.849. The summed E-state index contributed by atoms with van der Waals surface area (Å²) in [6.45, 7) is 3.53. The predicted molar refractivity (Wildman–Crippen MR) is 79.7 cm³/mol. The molecule has 1 aromatic rings. The van der Waals surface area contributed by atoms with Crippen LogP contribution in [0.4, 0.5) is 8.78 Å². The number of fused-ring (bicyclic) bond motifs is 2. The first kappa shape index (κ1) is 15.0. The summed E-state index contributed by atoms with van der Waals surface area (Å²) in [5, 5.41) is 3.32. The van der Waals surface area contributed by atoms with Gasteiger partial charge in [0.05, 0.1) is 12.0 Å². The van der Waals surface area contributed by atoms with Gasteiger partial charge >= 0.3 is 0 Å². The van der Waals surface area contributed by atoms with Crippen molar-refractivity contribution in [2.75, 3.05) is 32.8 Å². The lowest BCUT2D eigenvalue weighted by Crippen LogP contribution is -2.54. The van der Waals surface area contributed by atoms with Crippen molar-refractivity contribution in [3.8, 4) is 0 Å². The average Bonchev–Trinajstić information content (AvgIpc) is 3.00. The number of halogens is 2. The molecule has 4 rings (SSSR count). The molecule has 3 aliphatic rings. The van der Waals surface area contributed by atoms with E-state index in [1.54, 1.807) is 4.90 Å². The zero-order valence-corrected chi connectivity index (χ0v) is 12.9. The molecule has 3 aliphatic heterocycles. The van der Waals surface area contributed by atoms with Crippen molar-refractivity contribution >= 4 is 5.91 Å². The second-order valence-electron chi connectivity index (χ2n) is 6.84. The molecule has 2 saturated heterocycles. The van der Waals surface area contributed by atoms with Crippen molar-refractivity contribution in [1.29, 1.82) is 0 Å². The van der Waals surface area contributed by atoms with Crippen molar-refractivity contribution < 1.29 is 18.3 Å². The Kier molecular flexibility index (Phi) is 3.61. The van der Waals surface area contributed by atoms with Crippen LogP contribution in [0.2, 0.25) is 0 Å². The normalized spacial score (nSPS) is 30.0. The van der Waals surface area contributed by atoms with Crippen LogP contribution in [-0.4, -0.2) is 43.7 Å². The summed E-state index contributed by atoms with van der Waals surface area (Å²) >= 11 is 0. The zero-order chi connectivity index (χ0) is 16.0. The molecule has 1 amide bonds. The Labute approximate surface area is 133 Å². The van der Waals surface area contributed by atoms with Crippen LogP contribution in [0.25, 0.3) is 0 Å². The van der Waals surface area contributed by atoms with Gasteiger partial charge in [-0.3, -0.25) is 4.79 Å². The van der Waals surface area contributed by atoms with E-state index >= 15 is 0 Å². The molecule has 0 spiro atoms. The Hall–Kier alpha value is -1.53. The summed E-state index contributed by atoms with van der Waals surface area (Å²) in [5.41, 5.74) is 1.01. The second-order valence-corrected chi connectivity index (χ2v) is 6.84. The highest BCUT2D eigenvalue weighted by Crippen LogP contribution is 2.40. The van der Waals surface area contributed by atoms with Crippen LogP contribution < -0.4 is 5.32 Å². The zero-order valence-electron chi connectivity index (χ0n) is 12.9. The molecule has 0 aliphatic carbocycles. The van der Waals surface area contributed by atoms with Crippen LogP contribution >= 0.6 is 0 Å². The van der Waals surface area contributed by atoms with Crippen molar-refractivity contribution in [3.05, 3.63) is 34.9 Å². The minimum Gasteiger partial charge on any atom is -0.380 e. The fraction of sp³-hybridized carbons (Fsp3) is 0.588. The number of ether oxygens (including phenoxy) is 1. The first-order chi connectivity index (χ1) is 11.1. The molecular formula is C17H20F2N2O2. The molecule has 1 N–H and O–H groups in total. The van der Waals surface area contributed by atoms with Crippen LogP contribution in [0, 0.1) is 23.0 Å². The molecule has 1 aromatic carbocycles. The van der Waals surface area contributed by atoms with E-state index in [0.29, 0.717) is 50.8 Å². The summed E-state index contributed by atoms with van der Waals surface area (Å²) in [7, 11) is 0. The Morgan fingerprint density at radius 3 is 2.91 bits per heavy atom. The van der Waals surface area contributed by atoms with Crippen LogP contribution in [0.15, 0.2) is 12.1 Å². The van der Waals surface area contributed by atoms with E-state index in [2.05, 4.69) is 5.32 Å². The van der Waals surface area contributed by atoms with E-state index in [4.69, 9.17) is 4.74 Å². The molecule has 4 nitrogen and oxygen atoms in total. The number of hydrogen-bond donors (Lipinski definition) is 1. The van der Waals surface area contributed by atoms with Gasteiger partial charge in [0.2, 0.25) is 5.91 Å². The molecule has 0 unspecified atom stereocenters. The number of nitrogens with one attached hydrogen (secondary N) is 1. The Morgan fingerprint density at radius 2 is 2.09 bits per heavy atom. The summed E-state index contributed by atoms with van der Waals surface area (Å²) in [5.74, 6) is -1.28. The van der Waals surface area contributed by atoms with Gasteiger partial charge in [0, 0.05) is 26.2 Å². The highest BCUT2D eigenvalue weighted by Gasteiger charge is 2.52. The standard InChI is InChI=1S/C17H20F2N2O2/c18-14-5-11-1-3-21(8-12(11)6-15(14)19)16(22)17-9-20-7-13(17)2-4-23-10-17/h5-6,13,20H,1-4,7-10H2/t13-,17+/m1/s1. The Morgan fingerprint density at radius 1 is 1.30 bits per heavy atom. The second kappa shape index (κ2) is 5.53. The maximum Gasteiger partial charge on any atom is 0.233 e. The monoisotopic (exact) mass is 322 g/mol. The van der Waals surface area contributed by atoms with Gasteiger partial charge in [-0.25, -0.2) is 8.78 Å². The van der Waals surface area contributed by atoms with Gasteiger partial charge in [0.15, 0.2) is 11.6 Å². The maximum absolute atomic E-state index is 13.5. The van der Waals surface area contributed by atoms with Crippen LogP contribution in [-0.2, 0) is 22.5 Å². The van der Waals surface area contributed by atoms with Crippen LogP contribution in [0.1, 0.15) is 17.5 Å². The molecule has 124 valence electrons. The van der Waals surface area contributed by atoms with E-state index in [1.807, 2.05) is 0 Å². The third-order valence-corrected chi connectivity index (χ3v) is 5.55. The molecule has 2 fully saturated rings. The molecule has 2 atom stereocenters. The van der Waals surface area contributed by atoms with Gasteiger partial charge in [-0.2, -0.15) is 0 Å². The van der Waals surface area contributed by atoms with Gasteiger partial charge in [-0.05, 0) is 48.6 Å². The maximum atomic E-state index is 13.5. The van der Waals surface area contributed by atoms with Crippen molar-refractivity contribution in [3.63, 3.8) is 0 Å². The highest BCUT2D eigenvalue weighted by atomic mass is 19.2. The third kappa shape index (κ3) is 2.35. The van der Waals surface area contributed by atoms with E-state index in [9.17, 15) is 13.6 Å². The van der Waals surface area contributed by atoms with E-state index in [1.165, 1.54) is 12.1 Å². The Bertz CT molecular complexity index is 652. The first-order valence-corrected chi connectivity index (χ1v) is 8.15. The molecular weight excluding hydrogens is 302 g/mol. The average molecular weight is 322 g/mol. The number of carbonyl (C=O) groups excluding carboxylic acids is 1. The minimum absolute atomic E-state index is 0.0857. The molecule has 6 heteroatoms. The fourth-order valence-electron chi connectivity index (χ4n) is 4.19. The van der Waals surface area contributed by atoms with Crippen LogP contribution in [0.3, 0.4) is 0 Å². The number of nitrogens with zero attached hydrogens (tertiary/aromatic N) is 1. The van der Waals surface area contributed by atoms with Crippen LogP contribution in [0.5, 0.6) is 0 Å². The van der Waals surface area contributed by atoms with Crippen molar-refractivity contribution in [2.45, 2.75) is 19.4 Å². The summed E-state index contributed by atoms with van der Waals surface area (Å²) in [6.07, 6.45) is 1.45. The molecule has 0 radical (unpaired) electrons. The molecule has 3 heterocycles. The molecule has 0 aromatic heterocycles. The quantitative estimate of drug-likeness (QED) is 0.851. The van der Waals surface area contributed by atoms with Gasteiger partial charge in [-0.15, -0.1) is 0 Å². The van der Waals surface area contributed by atoms with Gasteiger partial charge in [0.25, 0.3) is 0 Å². The topological polar surface area (TPSA) is 41.6 Å². The van der Waals surface area contributed by atoms with E-state index in [0.717, 1.165) is 18.5 Å². The third-order valence-electron chi connectivity index (χ3n) is 5.55. The first-order valence-electron chi connectivity index (χ1n) is 8.15. The van der Waals surface area contributed by atoms with Gasteiger partial charge in [-0.1, -0.05) is 0 Å². The number of carbonyl (C=O) groups is 1. The van der Waals surface area contributed by atoms with E-state index < -0.39 is 17.0 Å². The lowest BCUT2D eigenvalue weighted by atomic mass is 9.74.